The number of piperidine rings is 1. The van der Waals surface area contributed by atoms with Gasteiger partial charge in [0.2, 0.25) is 5.91 Å². The molecule has 1 aromatic heterocycles. The van der Waals surface area contributed by atoms with Crippen LogP contribution in [0.3, 0.4) is 0 Å². The molecular weight excluding hydrogens is 363 g/mol. The van der Waals surface area contributed by atoms with Crippen LogP contribution in [0.25, 0.3) is 10.1 Å². The van der Waals surface area contributed by atoms with E-state index in [1.807, 2.05) is 36.4 Å². The van der Waals surface area contributed by atoms with Crippen LogP contribution in [-0.4, -0.2) is 29.8 Å². The minimum atomic E-state index is -0.318. The van der Waals surface area contributed by atoms with Crippen molar-refractivity contribution in [1.82, 2.24) is 4.90 Å². The molecule has 1 atom stereocenters. The number of nitrogens with one attached hydrogen (secondary N) is 1. The van der Waals surface area contributed by atoms with Crippen molar-refractivity contribution in [3.05, 3.63) is 65.3 Å². The third-order valence-corrected chi connectivity index (χ3v) is 5.93. The van der Waals surface area contributed by atoms with Crippen molar-refractivity contribution in [1.29, 1.82) is 0 Å². The number of para-hydroxylation sites is 1. The molecule has 4 nitrogen and oxygen atoms in total. The van der Waals surface area contributed by atoms with Crippen molar-refractivity contribution < 1.29 is 14.0 Å². The van der Waals surface area contributed by atoms with Gasteiger partial charge in [0.25, 0.3) is 5.91 Å². The number of fused-ring (bicyclic) bond motifs is 1. The maximum Gasteiger partial charge on any atom is 0.263 e. The topological polar surface area (TPSA) is 49.4 Å². The van der Waals surface area contributed by atoms with Gasteiger partial charge in [-0.1, -0.05) is 24.3 Å². The lowest BCUT2D eigenvalue weighted by molar-refractivity contribution is -0.121. The van der Waals surface area contributed by atoms with Crippen LogP contribution >= 0.6 is 11.3 Å². The molecule has 1 fully saturated rings. The minimum Gasteiger partial charge on any atom is -0.337 e. The van der Waals surface area contributed by atoms with Gasteiger partial charge in [0.05, 0.1) is 10.8 Å². The number of rotatable bonds is 3. The van der Waals surface area contributed by atoms with Crippen molar-refractivity contribution >= 4 is 38.9 Å². The third kappa shape index (κ3) is 3.71. The number of likely N-dealkylation sites (tertiary alicyclic amines) is 1. The molecule has 6 heteroatoms. The van der Waals surface area contributed by atoms with Gasteiger partial charge in [0.1, 0.15) is 5.82 Å². The van der Waals surface area contributed by atoms with Gasteiger partial charge in [-0.3, -0.25) is 9.59 Å². The van der Waals surface area contributed by atoms with E-state index in [-0.39, 0.29) is 23.5 Å². The summed E-state index contributed by atoms with van der Waals surface area (Å²) in [6, 6.07) is 15.8. The van der Waals surface area contributed by atoms with Crippen molar-refractivity contribution in [2.45, 2.75) is 12.8 Å². The smallest absolute Gasteiger partial charge is 0.263 e. The Morgan fingerprint density at radius 3 is 2.70 bits per heavy atom. The molecule has 1 saturated heterocycles. The zero-order valence-corrected chi connectivity index (χ0v) is 15.5. The summed E-state index contributed by atoms with van der Waals surface area (Å²) in [6.45, 7) is 0.999. The van der Waals surface area contributed by atoms with E-state index in [0.717, 1.165) is 23.2 Å². The molecule has 0 radical (unpaired) electrons. The van der Waals surface area contributed by atoms with Gasteiger partial charge in [-0.05, 0) is 43.2 Å². The Morgan fingerprint density at radius 2 is 1.93 bits per heavy atom. The van der Waals surface area contributed by atoms with E-state index >= 15 is 0 Å². The van der Waals surface area contributed by atoms with Gasteiger partial charge in [0.15, 0.2) is 0 Å². The molecule has 1 aliphatic heterocycles. The molecule has 138 valence electrons. The van der Waals surface area contributed by atoms with E-state index in [9.17, 15) is 14.0 Å². The highest BCUT2D eigenvalue weighted by Crippen LogP contribution is 2.30. The molecule has 2 heterocycles. The van der Waals surface area contributed by atoms with Crippen LogP contribution in [0, 0.1) is 11.7 Å². The fourth-order valence-corrected chi connectivity index (χ4v) is 4.47. The molecule has 1 N–H and O–H groups in total. The van der Waals surface area contributed by atoms with Crippen LogP contribution in [-0.2, 0) is 4.79 Å². The molecule has 3 aromatic rings. The predicted octanol–water partition coefficient (Wildman–Crippen LogP) is 4.53. The van der Waals surface area contributed by atoms with Crippen molar-refractivity contribution in [3.8, 4) is 0 Å². The molecule has 2 aromatic carbocycles. The quantitative estimate of drug-likeness (QED) is 0.723. The highest BCUT2D eigenvalue weighted by molar-refractivity contribution is 7.20. The number of nitrogens with zero attached hydrogens (tertiary/aromatic N) is 1. The molecule has 27 heavy (non-hydrogen) atoms. The standard InChI is InChI=1S/C21H19FN2O2S/c22-17-9-4-10-18-16(17)12-19(27-18)21(26)24-11-5-6-14(13-24)20(25)23-15-7-2-1-3-8-15/h1-4,7-10,12,14H,5-6,11,13H2,(H,23,25). The molecule has 1 unspecified atom stereocenters. The first-order chi connectivity index (χ1) is 13.1. The van der Waals surface area contributed by atoms with E-state index < -0.39 is 0 Å². The molecule has 0 aliphatic carbocycles. The highest BCUT2D eigenvalue weighted by atomic mass is 32.1. The second-order valence-electron chi connectivity index (χ2n) is 6.71. The lowest BCUT2D eigenvalue weighted by atomic mass is 9.97. The summed E-state index contributed by atoms with van der Waals surface area (Å²) in [5.74, 6) is -0.760. The Morgan fingerprint density at radius 1 is 1.11 bits per heavy atom. The van der Waals surface area contributed by atoms with Crippen molar-refractivity contribution in [2.75, 3.05) is 18.4 Å². The fourth-order valence-electron chi connectivity index (χ4n) is 3.43. The molecular formula is C21H19FN2O2S. The number of hydrogen-bond acceptors (Lipinski definition) is 3. The zero-order chi connectivity index (χ0) is 18.8. The number of halogens is 1. The third-order valence-electron chi connectivity index (χ3n) is 4.84. The number of hydrogen-bond donors (Lipinski definition) is 1. The van der Waals surface area contributed by atoms with E-state index in [1.165, 1.54) is 17.4 Å². The summed E-state index contributed by atoms with van der Waals surface area (Å²) < 4.78 is 14.7. The van der Waals surface area contributed by atoms with E-state index in [2.05, 4.69) is 5.32 Å². The molecule has 1 aliphatic rings. The van der Waals surface area contributed by atoms with Crippen LogP contribution in [0.5, 0.6) is 0 Å². The molecule has 0 saturated carbocycles. The maximum atomic E-state index is 13.9. The van der Waals surface area contributed by atoms with Gasteiger partial charge in [-0.2, -0.15) is 0 Å². The first-order valence-electron chi connectivity index (χ1n) is 8.95. The fraction of sp³-hybridized carbons (Fsp3) is 0.238. The average molecular weight is 382 g/mol. The molecule has 2 amide bonds. The summed E-state index contributed by atoms with van der Waals surface area (Å²) in [4.78, 5) is 27.7. The summed E-state index contributed by atoms with van der Waals surface area (Å²) >= 11 is 1.29. The Kier molecular flexibility index (Phi) is 4.90. The molecule has 0 spiro atoms. The van der Waals surface area contributed by atoms with Gasteiger partial charge >= 0.3 is 0 Å². The molecule has 4 rings (SSSR count). The van der Waals surface area contributed by atoms with Crippen LogP contribution in [0.15, 0.2) is 54.6 Å². The van der Waals surface area contributed by atoms with Crippen LogP contribution < -0.4 is 5.32 Å². The first-order valence-corrected chi connectivity index (χ1v) is 9.77. The number of benzene rings is 2. The predicted molar refractivity (Wildman–Crippen MR) is 105 cm³/mol. The van der Waals surface area contributed by atoms with Gasteiger partial charge in [0, 0.05) is 28.9 Å². The summed E-state index contributed by atoms with van der Waals surface area (Å²) in [5.41, 5.74) is 0.755. The zero-order valence-electron chi connectivity index (χ0n) is 14.7. The van der Waals surface area contributed by atoms with Gasteiger partial charge < -0.3 is 10.2 Å². The first kappa shape index (κ1) is 17.7. The van der Waals surface area contributed by atoms with Crippen molar-refractivity contribution in [2.24, 2.45) is 5.92 Å². The number of thiophene rings is 1. The van der Waals surface area contributed by atoms with E-state index in [4.69, 9.17) is 0 Å². The van der Waals surface area contributed by atoms with Crippen molar-refractivity contribution in [3.63, 3.8) is 0 Å². The van der Waals surface area contributed by atoms with E-state index in [0.29, 0.717) is 23.4 Å². The highest BCUT2D eigenvalue weighted by Gasteiger charge is 2.29. The second-order valence-corrected chi connectivity index (χ2v) is 7.79. The van der Waals surface area contributed by atoms with Gasteiger partial charge in [-0.15, -0.1) is 11.3 Å². The Labute approximate surface area is 160 Å². The number of carbonyl (C=O) groups is 2. The van der Waals surface area contributed by atoms with Crippen LogP contribution in [0.4, 0.5) is 10.1 Å². The lowest BCUT2D eigenvalue weighted by Crippen LogP contribution is -2.43. The maximum absolute atomic E-state index is 13.9. The van der Waals surface area contributed by atoms with Gasteiger partial charge in [-0.25, -0.2) is 4.39 Å². The van der Waals surface area contributed by atoms with Crippen LogP contribution in [0.2, 0.25) is 0 Å². The normalized spacial score (nSPS) is 17.1. The Bertz CT molecular complexity index is 986. The monoisotopic (exact) mass is 382 g/mol. The molecule has 0 bridgehead atoms. The average Bonchev–Trinajstić information content (AvgIpc) is 3.14. The Hall–Kier alpha value is -2.73. The summed E-state index contributed by atoms with van der Waals surface area (Å²) in [6.07, 6.45) is 1.53. The Balaban J connectivity index is 1.47. The number of carbonyl (C=O) groups excluding carboxylic acids is 2. The SMILES string of the molecule is O=C(Nc1ccccc1)C1CCCN(C(=O)c2cc3c(F)cccc3s2)C1. The van der Waals surface area contributed by atoms with Crippen LogP contribution in [0.1, 0.15) is 22.5 Å². The largest absolute Gasteiger partial charge is 0.337 e. The number of anilines is 1. The van der Waals surface area contributed by atoms with E-state index in [1.54, 1.807) is 17.0 Å². The number of amides is 2. The lowest BCUT2D eigenvalue weighted by Gasteiger charge is -2.31. The summed E-state index contributed by atoms with van der Waals surface area (Å²) in [5, 5.41) is 3.39. The second kappa shape index (κ2) is 7.48. The minimum absolute atomic E-state index is 0.0684. The summed E-state index contributed by atoms with van der Waals surface area (Å²) in [7, 11) is 0.